The summed E-state index contributed by atoms with van der Waals surface area (Å²) in [5.41, 5.74) is 3.31. The minimum Gasteiger partial charge on any atom is -0.459 e. The van der Waals surface area contributed by atoms with Crippen LogP contribution in [0.25, 0.3) is 0 Å². The van der Waals surface area contributed by atoms with Gasteiger partial charge in [-0.2, -0.15) is 0 Å². The van der Waals surface area contributed by atoms with E-state index in [2.05, 4.69) is 33.8 Å². The second-order valence-electron chi connectivity index (χ2n) is 8.01. The second kappa shape index (κ2) is 8.05. The van der Waals surface area contributed by atoms with Gasteiger partial charge in [-0.15, -0.1) is 0 Å². The molecule has 0 radical (unpaired) electrons. The molecular formula is C24H25N3O3. The van der Waals surface area contributed by atoms with E-state index in [9.17, 15) is 4.79 Å². The molecule has 3 heterocycles. The summed E-state index contributed by atoms with van der Waals surface area (Å²) in [6, 6.07) is 15.5. The van der Waals surface area contributed by atoms with Gasteiger partial charge in [0.05, 0.1) is 25.0 Å². The van der Waals surface area contributed by atoms with Gasteiger partial charge in [-0.3, -0.25) is 9.78 Å². The van der Waals surface area contributed by atoms with Gasteiger partial charge in [0.25, 0.3) is 5.91 Å². The molecule has 1 spiro atoms. The van der Waals surface area contributed by atoms with Crippen LogP contribution < -0.4 is 10.6 Å². The molecule has 5 rings (SSSR count). The first-order valence-corrected chi connectivity index (χ1v) is 10.4. The number of nitrogens with zero attached hydrogens (tertiary/aromatic N) is 1. The minimum absolute atomic E-state index is 0.134. The molecule has 2 aliphatic rings. The molecule has 1 aromatic carbocycles. The number of hydrogen-bond donors (Lipinski definition) is 2. The van der Waals surface area contributed by atoms with E-state index in [-0.39, 0.29) is 23.5 Å². The number of carbonyl (C=O) groups is 1. The predicted octanol–water partition coefficient (Wildman–Crippen LogP) is 3.37. The van der Waals surface area contributed by atoms with E-state index in [4.69, 9.17) is 9.15 Å². The Kier molecular flexibility index (Phi) is 5.11. The predicted molar refractivity (Wildman–Crippen MR) is 112 cm³/mol. The van der Waals surface area contributed by atoms with E-state index >= 15 is 0 Å². The highest BCUT2D eigenvalue weighted by atomic mass is 16.5. The van der Waals surface area contributed by atoms with Crippen LogP contribution in [-0.4, -0.2) is 30.1 Å². The summed E-state index contributed by atoms with van der Waals surface area (Å²) in [5, 5.41) is 6.67. The van der Waals surface area contributed by atoms with Gasteiger partial charge in [-0.25, -0.2) is 0 Å². The Balaban J connectivity index is 1.50. The Morgan fingerprint density at radius 1 is 1.17 bits per heavy atom. The number of amides is 1. The SMILES string of the molecule is O=C(N[C@@H]1c2ccccc2C2(CCNCC2)[C@H]1OCc1cccnc1)c1ccco1. The number of nitrogens with one attached hydrogen (secondary N) is 2. The molecule has 1 aliphatic heterocycles. The molecule has 1 amide bonds. The van der Waals surface area contributed by atoms with E-state index in [0.717, 1.165) is 37.1 Å². The molecule has 6 nitrogen and oxygen atoms in total. The molecule has 0 unspecified atom stereocenters. The summed E-state index contributed by atoms with van der Waals surface area (Å²) < 4.78 is 11.9. The first kappa shape index (κ1) is 19.0. The normalized spacial score (nSPS) is 22.0. The quantitative estimate of drug-likeness (QED) is 0.683. The van der Waals surface area contributed by atoms with Crippen LogP contribution in [0, 0.1) is 0 Å². The van der Waals surface area contributed by atoms with Crippen molar-refractivity contribution < 1.29 is 13.9 Å². The van der Waals surface area contributed by atoms with Crippen molar-refractivity contribution >= 4 is 5.91 Å². The molecule has 1 fully saturated rings. The van der Waals surface area contributed by atoms with Crippen molar-refractivity contribution in [3.8, 4) is 0 Å². The first-order valence-electron chi connectivity index (χ1n) is 10.4. The van der Waals surface area contributed by atoms with Crippen LogP contribution in [0.5, 0.6) is 0 Å². The third-order valence-corrected chi connectivity index (χ3v) is 6.36. The fourth-order valence-electron chi connectivity index (χ4n) is 4.98. The van der Waals surface area contributed by atoms with Crippen molar-refractivity contribution in [2.45, 2.75) is 37.0 Å². The van der Waals surface area contributed by atoms with Crippen LogP contribution >= 0.6 is 0 Å². The Hall–Kier alpha value is -2.96. The molecule has 30 heavy (non-hydrogen) atoms. The van der Waals surface area contributed by atoms with Crippen LogP contribution in [0.15, 0.2) is 71.6 Å². The highest BCUT2D eigenvalue weighted by molar-refractivity contribution is 5.91. The molecule has 0 saturated carbocycles. The average molecular weight is 403 g/mol. The lowest BCUT2D eigenvalue weighted by Gasteiger charge is -2.41. The van der Waals surface area contributed by atoms with E-state index in [1.165, 1.54) is 11.8 Å². The summed E-state index contributed by atoms with van der Waals surface area (Å²) in [5.74, 6) is 0.0884. The number of benzene rings is 1. The van der Waals surface area contributed by atoms with Gasteiger partial charge >= 0.3 is 0 Å². The molecule has 2 N–H and O–H groups in total. The van der Waals surface area contributed by atoms with E-state index in [1.807, 2.05) is 24.4 Å². The Morgan fingerprint density at radius 3 is 2.80 bits per heavy atom. The van der Waals surface area contributed by atoms with Crippen LogP contribution in [0.4, 0.5) is 0 Å². The van der Waals surface area contributed by atoms with Gasteiger partial charge < -0.3 is 19.8 Å². The van der Waals surface area contributed by atoms with Crippen molar-refractivity contribution in [2.24, 2.45) is 0 Å². The Morgan fingerprint density at radius 2 is 2.03 bits per heavy atom. The standard InChI is InChI=1S/C24H25N3O3/c28-23(20-8-4-14-29-20)27-21-18-6-1-2-7-19(18)24(9-12-25-13-10-24)22(21)30-16-17-5-3-11-26-15-17/h1-8,11,14-15,21-22,25H,9-10,12-13,16H2,(H,27,28)/t21-,22+/m1/s1. The fraction of sp³-hybridized carbons (Fsp3) is 0.333. The molecule has 3 aromatic rings. The van der Waals surface area contributed by atoms with Crippen LogP contribution in [-0.2, 0) is 16.8 Å². The van der Waals surface area contributed by atoms with Crippen LogP contribution in [0.3, 0.4) is 0 Å². The number of furan rings is 1. The third-order valence-electron chi connectivity index (χ3n) is 6.36. The van der Waals surface area contributed by atoms with E-state index in [1.54, 1.807) is 18.3 Å². The largest absolute Gasteiger partial charge is 0.459 e. The van der Waals surface area contributed by atoms with Gasteiger partial charge in [0.15, 0.2) is 5.76 Å². The summed E-state index contributed by atoms with van der Waals surface area (Å²) in [7, 11) is 0. The molecule has 6 heteroatoms. The number of piperidine rings is 1. The number of aromatic nitrogens is 1. The summed E-state index contributed by atoms with van der Waals surface area (Å²) in [4.78, 5) is 17.1. The van der Waals surface area contributed by atoms with E-state index < -0.39 is 0 Å². The van der Waals surface area contributed by atoms with Crippen molar-refractivity contribution in [1.82, 2.24) is 15.6 Å². The van der Waals surface area contributed by atoms with Gasteiger partial charge in [-0.05, 0) is 60.8 Å². The van der Waals surface area contributed by atoms with Gasteiger partial charge in [0, 0.05) is 17.8 Å². The Bertz CT molecular complexity index is 998. The zero-order valence-corrected chi connectivity index (χ0v) is 16.7. The van der Waals surface area contributed by atoms with E-state index in [0.29, 0.717) is 12.4 Å². The molecule has 1 saturated heterocycles. The van der Waals surface area contributed by atoms with Crippen molar-refractivity contribution in [2.75, 3.05) is 13.1 Å². The topological polar surface area (TPSA) is 76.4 Å². The fourth-order valence-corrected chi connectivity index (χ4v) is 4.98. The molecule has 2 aromatic heterocycles. The second-order valence-corrected chi connectivity index (χ2v) is 8.01. The molecular weight excluding hydrogens is 378 g/mol. The summed E-state index contributed by atoms with van der Waals surface area (Å²) >= 11 is 0. The number of carbonyl (C=O) groups excluding carboxylic acids is 1. The van der Waals surface area contributed by atoms with Gasteiger partial charge in [0.1, 0.15) is 0 Å². The van der Waals surface area contributed by atoms with Gasteiger partial charge in [0.2, 0.25) is 0 Å². The number of rotatable bonds is 5. The molecule has 2 atom stereocenters. The smallest absolute Gasteiger partial charge is 0.287 e. The minimum atomic E-state index is -0.242. The average Bonchev–Trinajstić information content (AvgIpc) is 3.41. The highest BCUT2D eigenvalue weighted by Crippen LogP contribution is 2.51. The Labute approximate surface area is 175 Å². The van der Waals surface area contributed by atoms with Crippen molar-refractivity contribution in [1.29, 1.82) is 0 Å². The van der Waals surface area contributed by atoms with Crippen molar-refractivity contribution in [3.63, 3.8) is 0 Å². The summed E-state index contributed by atoms with van der Waals surface area (Å²) in [6.45, 7) is 2.31. The summed E-state index contributed by atoms with van der Waals surface area (Å²) in [6.07, 6.45) is 6.87. The zero-order valence-electron chi connectivity index (χ0n) is 16.7. The highest BCUT2D eigenvalue weighted by Gasteiger charge is 2.53. The maximum Gasteiger partial charge on any atom is 0.287 e. The lowest BCUT2D eigenvalue weighted by Crippen LogP contribution is -2.49. The number of ether oxygens (including phenoxy) is 1. The van der Waals surface area contributed by atoms with Gasteiger partial charge in [-0.1, -0.05) is 30.3 Å². The molecule has 0 bridgehead atoms. The monoisotopic (exact) mass is 403 g/mol. The van der Waals surface area contributed by atoms with Crippen LogP contribution in [0.2, 0.25) is 0 Å². The van der Waals surface area contributed by atoms with Crippen LogP contribution in [0.1, 0.15) is 46.1 Å². The first-order chi connectivity index (χ1) is 14.8. The molecule has 1 aliphatic carbocycles. The number of pyridine rings is 1. The lowest BCUT2D eigenvalue weighted by molar-refractivity contribution is -0.0364. The molecule has 154 valence electrons. The van der Waals surface area contributed by atoms with Crippen molar-refractivity contribution in [3.05, 3.63) is 89.6 Å². The number of hydrogen-bond acceptors (Lipinski definition) is 5. The maximum atomic E-state index is 12.9. The maximum absolute atomic E-state index is 12.9. The number of fused-ring (bicyclic) bond motifs is 2. The lowest BCUT2D eigenvalue weighted by atomic mass is 9.72. The zero-order chi connectivity index (χ0) is 20.4. The third kappa shape index (κ3) is 3.32.